The highest BCUT2D eigenvalue weighted by molar-refractivity contribution is 8.13. The van der Waals surface area contributed by atoms with Crippen molar-refractivity contribution < 1.29 is 14.5 Å². The molecule has 0 radical (unpaired) electrons. The summed E-state index contributed by atoms with van der Waals surface area (Å²) in [6, 6.07) is 5.94. The number of amides is 1. The second-order valence-electron chi connectivity index (χ2n) is 4.65. The summed E-state index contributed by atoms with van der Waals surface area (Å²) in [5.41, 5.74) is 0.667. The number of carbonyl (C=O) groups is 2. The third kappa shape index (κ3) is 3.36. The van der Waals surface area contributed by atoms with E-state index in [0.717, 1.165) is 0 Å². The highest BCUT2D eigenvalue weighted by Crippen LogP contribution is 2.28. The third-order valence-electron chi connectivity index (χ3n) is 3.10. The van der Waals surface area contributed by atoms with Crippen LogP contribution in [0.2, 0.25) is 0 Å². The van der Waals surface area contributed by atoms with E-state index in [4.69, 9.17) is 0 Å². The van der Waals surface area contributed by atoms with Gasteiger partial charge in [0.25, 0.3) is 5.69 Å². The van der Waals surface area contributed by atoms with E-state index in [-0.39, 0.29) is 22.6 Å². The van der Waals surface area contributed by atoms with Gasteiger partial charge in [-0.25, -0.2) is 0 Å². The fourth-order valence-corrected chi connectivity index (χ4v) is 2.83. The Bertz CT molecular complexity index is 544. The Hall–Kier alpha value is -1.89. The van der Waals surface area contributed by atoms with Gasteiger partial charge in [-0.3, -0.25) is 19.7 Å². The number of nitro benzene ring substituents is 1. The van der Waals surface area contributed by atoms with Gasteiger partial charge in [0.05, 0.1) is 4.92 Å². The van der Waals surface area contributed by atoms with Crippen molar-refractivity contribution in [2.75, 3.05) is 17.2 Å². The molecule has 0 aromatic heterocycles. The number of carbonyl (C=O) groups excluding carboxylic acids is 2. The SMILES string of the molecule is CC(=O)SCC1CC(=O)N(c2ccc([N+](=O)[O-])cc2)C1. The second kappa shape index (κ2) is 6.04. The maximum absolute atomic E-state index is 11.9. The molecule has 1 heterocycles. The third-order valence-corrected chi connectivity index (χ3v) is 4.14. The predicted molar refractivity (Wildman–Crippen MR) is 76.7 cm³/mol. The molecule has 1 aliphatic heterocycles. The normalized spacial score (nSPS) is 18.4. The van der Waals surface area contributed by atoms with Crippen LogP contribution in [0.1, 0.15) is 13.3 Å². The number of hydrogen-bond acceptors (Lipinski definition) is 5. The smallest absolute Gasteiger partial charge is 0.269 e. The standard InChI is InChI=1S/C13H14N2O4S/c1-9(16)20-8-10-6-13(17)14(7-10)11-2-4-12(5-3-11)15(18)19/h2-5,10H,6-8H2,1H3. The van der Waals surface area contributed by atoms with E-state index in [9.17, 15) is 19.7 Å². The molecule has 7 heteroatoms. The number of nitro groups is 1. The van der Waals surface area contributed by atoms with E-state index < -0.39 is 4.92 Å². The molecule has 1 fully saturated rings. The van der Waals surface area contributed by atoms with Crippen LogP contribution in [0.15, 0.2) is 24.3 Å². The highest BCUT2D eigenvalue weighted by atomic mass is 32.2. The van der Waals surface area contributed by atoms with E-state index in [1.54, 1.807) is 17.0 Å². The monoisotopic (exact) mass is 294 g/mol. The summed E-state index contributed by atoms with van der Waals surface area (Å²) in [6.45, 7) is 2.06. The van der Waals surface area contributed by atoms with Gasteiger partial charge in [0, 0.05) is 43.5 Å². The summed E-state index contributed by atoms with van der Waals surface area (Å²) in [5, 5.41) is 10.6. The minimum absolute atomic E-state index is 0.00378. The van der Waals surface area contributed by atoms with Crippen LogP contribution >= 0.6 is 11.8 Å². The topological polar surface area (TPSA) is 80.5 Å². The second-order valence-corrected chi connectivity index (χ2v) is 5.85. The molecule has 1 atom stereocenters. The van der Waals surface area contributed by atoms with Gasteiger partial charge in [-0.15, -0.1) is 0 Å². The lowest BCUT2D eigenvalue weighted by atomic mass is 10.1. The molecule has 1 aromatic carbocycles. The average Bonchev–Trinajstić information content (AvgIpc) is 2.78. The van der Waals surface area contributed by atoms with Gasteiger partial charge in [0.2, 0.25) is 5.91 Å². The largest absolute Gasteiger partial charge is 0.312 e. The number of anilines is 1. The van der Waals surface area contributed by atoms with Crippen molar-refractivity contribution in [3.8, 4) is 0 Å². The Labute approximate surface area is 120 Å². The fraction of sp³-hybridized carbons (Fsp3) is 0.385. The number of non-ortho nitro benzene ring substituents is 1. The Balaban J connectivity index is 2.03. The molecule has 1 saturated heterocycles. The van der Waals surface area contributed by atoms with Crippen LogP contribution in [0.5, 0.6) is 0 Å². The zero-order chi connectivity index (χ0) is 14.7. The van der Waals surface area contributed by atoms with Gasteiger partial charge in [0.1, 0.15) is 0 Å². The summed E-state index contributed by atoms with van der Waals surface area (Å²) in [4.78, 5) is 34.6. The first-order chi connectivity index (χ1) is 9.47. The molecule has 1 amide bonds. The van der Waals surface area contributed by atoms with Crippen LogP contribution in [-0.4, -0.2) is 28.2 Å². The van der Waals surface area contributed by atoms with Crippen molar-refractivity contribution >= 4 is 34.2 Å². The summed E-state index contributed by atoms with van der Waals surface area (Å²) >= 11 is 1.23. The molecular formula is C13H14N2O4S. The van der Waals surface area contributed by atoms with Crippen LogP contribution in [0.4, 0.5) is 11.4 Å². The number of benzene rings is 1. The van der Waals surface area contributed by atoms with Gasteiger partial charge < -0.3 is 4.90 Å². The van der Waals surface area contributed by atoms with Crippen molar-refractivity contribution in [1.82, 2.24) is 0 Å². The summed E-state index contributed by atoms with van der Waals surface area (Å²) in [7, 11) is 0. The van der Waals surface area contributed by atoms with Gasteiger partial charge in [0.15, 0.2) is 5.12 Å². The summed E-state index contributed by atoms with van der Waals surface area (Å²) < 4.78 is 0. The van der Waals surface area contributed by atoms with Gasteiger partial charge in [-0.2, -0.15) is 0 Å². The predicted octanol–water partition coefficient (Wildman–Crippen LogP) is 2.23. The zero-order valence-electron chi connectivity index (χ0n) is 10.9. The number of hydrogen-bond donors (Lipinski definition) is 0. The molecule has 0 saturated carbocycles. The van der Waals surface area contributed by atoms with Crippen LogP contribution in [0.3, 0.4) is 0 Å². The molecule has 1 aromatic rings. The Kier molecular flexibility index (Phi) is 4.39. The van der Waals surface area contributed by atoms with E-state index in [2.05, 4.69) is 0 Å². The quantitative estimate of drug-likeness (QED) is 0.628. The molecule has 1 unspecified atom stereocenters. The van der Waals surface area contributed by atoms with Crippen molar-refractivity contribution in [3.63, 3.8) is 0 Å². The molecule has 1 aliphatic rings. The Morgan fingerprint density at radius 1 is 1.45 bits per heavy atom. The lowest BCUT2D eigenvalue weighted by molar-refractivity contribution is -0.384. The number of rotatable bonds is 4. The first kappa shape index (κ1) is 14.5. The first-order valence-corrected chi connectivity index (χ1v) is 7.14. The van der Waals surface area contributed by atoms with Crippen LogP contribution in [0, 0.1) is 16.0 Å². The minimum atomic E-state index is -0.470. The van der Waals surface area contributed by atoms with Crippen LogP contribution in [0.25, 0.3) is 0 Å². The number of nitrogens with zero attached hydrogens (tertiary/aromatic N) is 2. The zero-order valence-corrected chi connectivity index (χ0v) is 11.8. The van der Waals surface area contributed by atoms with E-state index in [1.165, 1.54) is 30.8 Å². The van der Waals surface area contributed by atoms with Crippen molar-refractivity contribution in [1.29, 1.82) is 0 Å². The van der Waals surface area contributed by atoms with Gasteiger partial charge in [-0.1, -0.05) is 11.8 Å². The molecular weight excluding hydrogens is 280 g/mol. The van der Waals surface area contributed by atoms with Crippen LogP contribution < -0.4 is 4.90 Å². The lowest BCUT2D eigenvalue weighted by Gasteiger charge is -2.16. The number of thioether (sulfide) groups is 1. The van der Waals surface area contributed by atoms with Crippen molar-refractivity contribution in [2.45, 2.75) is 13.3 Å². The maximum Gasteiger partial charge on any atom is 0.269 e. The minimum Gasteiger partial charge on any atom is -0.312 e. The fourth-order valence-electron chi connectivity index (χ4n) is 2.13. The van der Waals surface area contributed by atoms with Crippen molar-refractivity contribution in [2.24, 2.45) is 5.92 Å². The van der Waals surface area contributed by atoms with E-state index in [0.29, 0.717) is 24.4 Å². The molecule has 0 N–H and O–H groups in total. The molecule has 6 nitrogen and oxygen atoms in total. The molecule has 0 aliphatic carbocycles. The Morgan fingerprint density at radius 3 is 2.65 bits per heavy atom. The first-order valence-electron chi connectivity index (χ1n) is 6.15. The molecule has 0 spiro atoms. The van der Waals surface area contributed by atoms with E-state index >= 15 is 0 Å². The highest BCUT2D eigenvalue weighted by Gasteiger charge is 2.30. The molecule has 2 rings (SSSR count). The lowest BCUT2D eigenvalue weighted by Crippen LogP contribution is -2.24. The summed E-state index contributed by atoms with van der Waals surface area (Å²) in [6.07, 6.45) is 0.414. The average molecular weight is 294 g/mol. The summed E-state index contributed by atoms with van der Waals surface area (Å²) in [5.74, 6) is 0.768. The molecule has 106 valence electrons. The maximum atomic E-state index is 11.9. The van der Waals surface area contributed by atoms with E-state index in [1.807, 2.05) is 0 Å². The van der Waals surface area contributed by atoms with Crippen LogP contribution in [-0.2, 0) is 9.59 Å². The van der Waals surface area contributed by atoms with Gasteiger partial charge >= 0.3 is 0 Å². The molecule has 0 bridgehead atoms. The molecule has 20 heavy (non-hydrogen) atoms. The van der Waals surface area contributed by atoms with Gasteiger partial charge in [-0.05, 0) is 18.1 Å². The Morgan fingerprint density at radius 2 is 2.10 bits per heavy atom. The van der Waals surface area contributed by atoms with Crippen molar-refractivity contribution in [3.05, 3.63) is 34.4 Å².